The number of ether oxygens (including phenoxy) is 2. The summed E-state index contributed by atoms with van der Waals surface area (Å²) in [4.78, 5) is 41.3. The number of aromatic nitrogens is 1. The van der Waals surface area contributed by atoms with Crippen LogP contribution in [0, 0.1) is 6.92 Å². The van der Waals surface area contributed by atoms with Gasteiger partial charge >= 0.3 is 5.97 Å². The molecular formula is C21H16N2O5S. The number of carbonyl (C=O) groups is 3. The maximum absolute atomic E-state index is 12.6. The maximum atomic E-state index is 12.6. The predicted octanol–water partition coefficient (Wildman–Crippen LogP) is 3.49. The molecule has 146 valence electrons. The summed E-state index contributed by atoms with van der Waals surface area (Å²) in [5.74, 6) is -0.783. The second-order valence-corrected chi connectivity index (χ2v) is 7.53. The number of rotatable bonds is 5. The van der Waals surface area contributed by atoms with E-state index in [0.717, 1.165) is 10.6 Å². The number of nitrogens with one attached hydrogen (secondary N) is 1. The molecule has 0 aliphatic carbocycles. The van der Waals surface area contributed by atoms with Gasteiger partial charge in [0.25, 0.3) is 5.91 Å². The van der Waals surface area contributed by atoms with Crippen LogP contribution in [-0.4, -0.2) is 35.9 Å². The molecule has 2 heterocycles. The van der Waals surface area contributed by atoms with Crippen LogP contribution in [-0.2, 0) is 9.53 Å². The van der Waals surface area contributed by atoms with Crippen molar-refractivity contribution in [3.63, 3.8) is 0 Å². The lowest BCUT2D eigenvalue weighted by Crippen LogP contribution is -2.25. The minimum atomic E-state index is -0.600. The number of benzene rings is 2. The summed E-state index contributed by atoms with van der Waals surface area (Å²) in [5, 5.41) is 3.37. The summed E-state index contributed by atoms with van der Waals surface area (Å²) in [7, 11) is 0. The highest BCUT2D eigenvalue weighted by molar-refractivity contribution is 7.14. The van der Waals surface area contributed by atoms with Crippen LogP contribution in [0.5, 0.6) is 5.75 Å². The Morgan fingerprint density at radius 2 is 2.00 bits per heavy atom. The van der Waals surface area contributed by atoms with E-state index < -0.39 is 12.6 Å². The Balaban J connectivity index is 1.47. The first-order chi connectivity index (χ1) is 14.0. The number of carbonyl (C=O) groups excluding carboxylic acids is 3. The van der Waals surface area contributed by atoms with E-state index in [4.69, 9.17) is 9.47 Å². The molecule has 7 nitrogen and oxygen atoms in total. The number of Topliss-reactive ketones (excluding diaryl/α,β-unsaturated/α-hetero) is 1. The number of thiazole rings is 1. The van der Waals surface area contributed by atoms with Gasteiger partial charge in [-0.05, 0) is 25.1 Å². The first-order valence-electron chi connectivity index (χ1n) is 8.81. The fourth-order valence-corrected chi connectivity index (χ4v) is 3.73. The highest BCUT2D eigenvalue weighted by Crippen LogP contribution is 2.30. The first kappa shape index (κ1) is 18.8. The number of anilines is 1. The van der Waals surface area contributed by atoms with Crippen molar-refractivity contribution in [3.8, 4) is 17.0 Å². The van der Waals surface area contributed by atoms with Gasteiger partial charge in [-0.2, -0.15) is 0 Å². The Labute approximate surface area is 170 Å². The zero-order valence-corrected chi connectivity index (χ0v) is 16.2. The van der Waals surface area contributed by atoms with E-state index in [1.165, 1.54) is 17.4 Å². The standard InChI is InChI=1S/C21H16N2O5S/c1-12-22-19(13-5-3-2-4-6-13)20(29-12)21(26)28-10-16(24)14-7-8-17-15(9-14)23-18(25)11-27-17/h2-9H,10-11H2,1H3,(H,23,25). The number of ketones is 1. The van der Waals surface area contributed by atoms with Crippen LogP contribution in [0.2, 0.25) is 0 Å². The Hall–Kier alpha value is -3.52. The maximum Gasteiger partial charge on any atom is 0.351 e. The second kappa shape index (κ2) is 7.84. The van der Waals surface area contributed by atoms with Crippen molar-refractivity contribution in [2.75, 3.05) is 18.5 Å². The van der Waals surface area contributed by atoms with Gasteiger partial charge in [-0.3, -0.25) is 9.59 Å². The molecule has 0 saturated carbocycles. The Bertz CT molecular complexity index is 1110. The number of fused-ring (bicyclic) bond motifs is 1. The van der Waals surface area contributed by atoms with Crippen LogP contribution in [0.25, 0.3) is 11.3 Å². The summed E-state index contributed by atoms with van der Waals surface area (Å²) in [5.41, 5.74) is 2.08. The summed E-state index contributed by atoms with van der Waals surface area (Å²) in [6, 6.07) is 14.0. The molecule has 3 aromatic rings. The van der Waals surface area contributed by atoms with E-state index in [1.807, 2.05) is 37.3 Å². The summed E-state index contributed by atoms with van der Waals surface area (Å²) in [6.45, 7) is 1.33. The minimum Gasteiger partial charge on any atom is -0.482 e. The van der Waals surface area contributed by atoms with Crippen molar-refractivity contribution in [1.82, 2.24) is 4.98 Å². The third kappa shape index (κ3) is 4.02. The molecule has 0 unspecified atom stereocenters. The van der Waals surface area contributed by atoms with Gasteiger partial charge in [0, 0.05) is 11.1 Å². The van der Waals surface area contributed by atoms with Crippen LogP contribution in [0.1, 0.15) is 25.0 Å². The molecule has 1 aliphatic rings. The van der Waals surface area contributed by atoms with Crippen molar-refractivity contribution in [2.24, 2.45) is 0 Å². The fraction of sp³-hybridized carbons (Fsp3) is 0.143. The molecule has 0 radical (unpaired) electrons. The number of hydrogen-bond donors (Lipinski definition) is 1. The zero-order chi connectivity index (χ0) is 20.4. The van der Waals surface area contributed by atoms with Crippen LogP contribution in [0.15, 0.2) is 48.5 Å². The Kier molecular flexibility index (Phi) is 5.09. The SMILES string of the molecule is Cc1nc(-c2ccccc2)c(C(=O)OCC(=O)c2ccc3c(c2)NC(=O)CO3)s1. The van der Waals surface area contributed by atoms with Gasteiger partial charge in [-0.25, -0.2) is 9.78 Å². The second-order valence-electron chi connectivity index (χ2n) is 6.32. The number of hydrogen-bond acceptors (Lipinski definition) is 7. The largest absolute Gasteiger partial charge is 0.482 e. The Morgan fingerprint density at radius 3 is 2.79 bits per heavy atom. The molecule has 0 spiro atoms. The van der Waals surface area contributed by atoms with Gasteiger partial charge in [0.2, 0.25) is 0 Å². The van der Waals surface area contributed by atoms with Crippen LogP contribution in [0.3, 0.4) is 0 Å². The van der Waals surface area contributed by atoms with E-state index in [-0.39, 0.29) is 18.3 Å². The molecule has 2 aromatic carbocycles. The summed E-state index contributed by atoms with van der Waals surface area (Å²) < 4.78 is 10.5. The van der Waals surface area contributed by atoms with Crippen LogP contribution in [0.4, 0.5) is 5.69 Å². The molecule has 4 rings (SSSR count). The lowest BCUT2D eigenvalue weighted by molar-refractivity contribution is -0.118. The first-order valence-corrected chi connectivity index (χ1v) is 9.63. The van der Waals surface area contributed by atoms with Gasteiger partial charge in [-0.15, -0.1) is 11.3 Å². The van der Waals surface area contributed by atoms with Crippen LogP contribution >= 0.6 is 11.3 Å². The van der Waals surface area contributed by atoms with Crippen molar-refractivity contribution in [2.45, 2.75) is 6.92 Å². The van der Waals surface area contributed by atoms with E-state index in [1.54, 1.807) is 12.1 Å². The zero-order valence-electron chi connectivity index (χ0n) is 15.4. The average molecular weight is 408 g/mol. The highest BCUT2D eigenvalue weighted by Gasteiger charge is 2.22. The average Bonchev–Trinajstić information content (AvgIpc) is 3.13. The summed E-state index contributed by atoms with van der Waals surface area (Å²) in [6.07, 6.45) is 0. The molecule has 8 heteroatoms. The third-order valence-corrected chi connectivity index (χ3v) is 5.19. The number of esters is 1. The van der Waals surface area contributed by atoms with Gasteiger partial charge in [0.05, 0.1) is 16.4 Å². The molecule has 0 saturated heterocycles. The molecule has 0 atom stereocenters. The minimum absolute atomic E-state index is 0.0596. The van der Waals surface area contributed by atoms with Crippen molar-refractivity contribution >= 4 is 34.7 Å². The molecular weight excluding hydrogens is 392 g/mol. The van der Waals surface area contributed by atoms with E-state index in [0.29, 0.717) is 27.6 Å². The quantitative estimate of drug-likeness (QED) is 0.513. The normalized spacial score (nSPS) is 12.5. The van der Waals surface area contributed by atoms with E-state index >= 15 is 0 Å². The lowest BCUT2D eigenvalue weighted by atomic mass is 10.1. The fourth-order valence-electron chi connectivity index (χ4n) is 2.89. The number of aryl methyl sites for hydroxylation is 1. The number of nitrogens with zero attached hydrogens (tertiary/aromatic N) is 1. The van der Waals surface area contributed by atoms with Gasteiger partial charge in [0.1, 0.15) is 10.6 Å². The van der Waals surface area contributed by atoms with Crippen molar-refractivity contribution < 1.29 is 23.9 Å². The molecule has 1 aromatic heterocycles. The molecule has 1 aliphatic heterocycles. The van der Waals surface area contributed by atoms with Crippen molar-refractivity contribution in [3.05, 3.63) is 64.0 Å². The third-order valence-electron chi connectivity index (χ3n) is 4.24. The highest BCUT2D eigenvalue weighted by atomic mass is 32.1. The smallest absolute Gasteiger partial charge is 0.351 e. The van der Waals surface area contributed by atoms with Crippen LogP contribution < -0.4 is 10.1 Å². The van der Waals surface area contributed by atoms with E-state index in [9.17, 15) is 14.4 Å². The summed E-state index contributed by atoms with van der Waals surface area (Å²) >= 11 is 1.22. The van der Waals surface area contributed by atoms with Gasteiger partial charge in [-0.1, -0.05) is 30.3 Å². The van der Waals surface area contributed by atoms with Gasteiger partial charge < -0.3 is 14.8 Å². The molecule has 0 fully saturated rings. The lowest BCUT2D eigenvalue weighted by Gasteiger charge is -2.18. The molecule has 1 N–H and O–H groups in total. The van der Waals surface area contributed by atoms with E-state index in [2.05, 4.69) is 10.3 Å². The number of amides is 1. The van der Waals surface area contributed by atoms with Gasteiger partial charge in [0.15, 0.2) is 19.0 Å². The topological polar surface area (TPSA) is 94.6 Å². The predicted molar refractivity (Wildman–Crippen MR) is 107 cm³/mol. The monoisotopic (exact) mass is 408 g/mol. The molecule has 1 amide bonds. The van der Waals surface area contributed by atoms with Crippen molar-refractivity contribution in [1.29, 1.82) is 0 Å². The molecule has 0 bridgehead atoms. The molecule has 29 heavy (non-hydrogen) atoms. The Morgan fingerprint density at radius 1 is 1.21 bits per heavy atom.